The first-order valence-corrected chi connectivity index (χ1v) is 7.06. The molecule has 1 atom stereocenters. The van der Waals surface area contributed by atoms with Gasteiger partial charge in [0.05, 0.1) is 0 Å². The lowest BCUT2D eigenvalue weighted by Gasteiger charge is -2.15. The van der Waals surface area contributed by atoms with Crippen LogP contribution in [0.25, 0.3) is 0 Å². The summed E-state index contributed by atoms with van der Waals surface area (Å²) in [5.41, 5.74) is 1.39. The van der Waals surface area contributed by atoms with Crippen molar-refractivity contribution >= 4 is 27.7 Å². The summed E-state index contributed by atoms with van der Waals surface area (Å²) >= 11 is 5.46. The fraction of sp³-hybridized carbons (Fsp3) is 0.500. The van der Waals surface area contributed by atoms with Crippen LogP contribution < -0.4 is 5.32 Å². The van der Waals surface area contributed by atoms with Crippen LogP contribution in [0.4, 0.5) is 0 Å². The van der Waals surface area contributed by atoms with E-state index in [0.29, 0.717) is 6.04 Å². The SMILES string of the molecule is CCCSc1cc(Br)ccc1C(C)NC. The van der Waals surface area contributed by atoms with E-state index in [1.807, 2.05) is 18.8 Å². The molecule has 0 fully saturated rings. The Morgan fingerprint density at radius 2 is 2.20 bits per heavy atom. The van der Waals surface area contributed by atoms with Gasteiger partial charge in [-0.3, -0.25) is 0 Å². The quantitative estimate of drug-likeness (QED) is 0.814. The van der Waals surface area contributed by atoms with Crippen LogP contribution >= 0.6 is 27.7 Å². The van der Waals surface area contributed by atoms with Crippen LogP contribution in [-0.4, -0.2) is 12.8 Å². The molecule has 1 nitrogen and oxygen atoms in total. The predicted octanol–water partition coefficient (Wildman–Crippen LogP) is 4.23. The summed E-state index contributed by atoms with van der Waals surface area (Å²) in [7, 11) is 2.00. The van der Waals surface area contributed by atoms with Gasteiger partial charge in [0.2, 0.25) is 0 Å². The number of halogens is 1. The van der Waals surface area contributed by atoms with Gasteiger partial charge < -0.3 is 5.32 Å². The van der Waals surface area contributed by atoms with E-state index in [1.54, 1.807) is 0 Å². The molecule has 0 saturated carbocycles. The van der Waals surface area contributed by atoms with E-state index < -0.39 is 0 Å². The molecular weight excluding hydrogens is 270 g/mol. The van der Waals surface area contributed by atoms with Crippen LogP contribution in [0.2, 0.25) is 0 Å². The minimum atomic E-state index is 0.414. The number of nitrogens with one attached hydrogen (secondary N) is 1. The van der Waals surface area contributed by atoms with Crippen LogP contribution in [0.15, 0.2) is 27.6 Å². The van der Waals surface area contributed by atoms with Crippen molar-refractivity contribution < 1.29 is 0 Å². The van der Waals surface area contributed by atoms with Gasteiger partial charge in [0.15, 0.2) is 0 Å². The second-order valence-electron chi connectivity index (χ2n) is 3.54. The average molecular weight is 288 g/mol. The third kappa shape index (κ3) is 3.82. The molecule has 0 aromatic heterocycles. The summed E-state index contributed by atoms with van der Waals surface area (Å²) in [5, 5.41) is 3.29. The van der Waals surface area contributed by atoms with Crippen molar-refractivity contribution in [1.29, 1.82) is 0 Å². The molecule has 15 heavy (non-hydrogen) atoms. The van der Waals surface area contributed by atoms with Gasteiger partial charge in [0, 0.05) is 15.4 Å². The van der Waals surface area contributed by atoms with Crippen LogP contribution in [-0.2, 0) is 0 Å². The Kier molecular flexibility index (Phi) is 5.72. The molecular formula is C12H18BrNS. The second-order valence-corrected chi connectivity index (χ2v) is 5.59. The highest BCUT2D eigenvalue weighted by Gasteiger charge is 2.09. The zero-order chi connectivity index (χ0) is 11.3. The standard InChI is InChI=1S/C12H18BrNS/c1-4-7-15-12-8-10(13)5-6-11(12)9(2)14-3/h5-6,8-9,14H,4,7H2,1-3H3. The van der Waals surface area contributed by atoms with Gasteiger partial charge in [-0.2, -0.15) is 0 Å². The molecule has 0 heterocycles. The molecule has 3 heteroatoms. The van der Waals surface area contributed by atoms with Crippen LogP contribution in [0.3, 0.4) is 0 Å². The van der Waals surface area contributed by atoms with Crippen molar-refractivity contribution in [2.45, 2.75) is 31.2 Å². The Morgan fingerprint density at radius 3 is 2.80 bits per heavy atom. The highest BCUT2D eigenvalue weighted by atomic mass is 79.9. The summed E-state index contributed by atoms with van der Waals surface area (Å²) in [6, 6.07) is 6.93. The predicted molar refractivity (Wildman–Crippen MR) is 72.6 cm³/mol. The van der Waals surface area contributed by atoms with Crippen molar-refractivity contribution in [1.82, 2.24) is 5.32 Å². The molecule has 0 aliphatic carbocycles. The van der Waals surface area contributed by atoms with Gasteiger partial charge in [-0.1, -0.05) is 28.9 Å². The number of hydrogen-bond acceptors (Lipinski definition) is 2. The van der Waals surface area contributed by atoms with E-state index in [0.717, 1.165) is 4.47 Å². The molecule has 84 valence electrons. The molecule has 0 radical (unpaired) electrons. The maximum Gasteiger partial charge on any atom is 0.0300 e. The number of hydrogen-bond donors (Lipinski definition) is 1. The van der Waals surface area contributed by atoms with Crippen molar-refractivity contribution in [3.63, 3.8) is 0 Å². The van der Waals surface area contributed by atoms with Crippen LogP contribution in [0.5, 0.6) is 0 Å². The molecule has 1 unspecified atom stereocenters. The average Bonchev–Trinajstić information content (AvgIpc) is 2.25. The molecule has 1 N–H and O–H groups in total. The minimum Gasteiger partial charge on any atom is -0.313 e. The summed E-state index contributed by atoms with van der Waals surface area (Å²) in [6.07, 6.45) is 1.21. The molecule has 0 aliphatic rings. The van der Waals surface area contributed by atoms with E-state index in [4.69, 9.17) is 0 Å². The second kappa shape index (κ2) is 6.56. The first kappa shape index (κ1) is 13.1. The Morgan fingerprint density at radius 1 is 1.47 bits per heavy atom. The van der Waals surface area contributed by atoms with Gasteiger partial charge in [-0.15, -0.1) is 11.8 Å². The first-order valence-electron chi connectivity index (χ1n) is 5.28. The number of thioether (sulfide) groups is 1. The normalized spacial score (nSPS) is 12.8. The molecule has 0 spiro atoms. The Balaban J connectivity index is 2.92. The van der Waals surface area contributed by atoms with Crippen LogP contribution in [0, 0.1) is 0 Å². The maximum absolute atomic E-state index is 3.53. The monoisotopic (exact) mass is 287 g/mol. The largest absolute Gasteiger partial charge is 0.313 e. The molecule has 0 saturated heterocycles. The van der Waals surface area contributed by atoms with Crippen molar-refractivity contribution in [2.24, 2.45) is 0 Å². The Labute approximate surface area is 105 Å². The van der Waals surface area contributed by atoms with E-state index in [1.165, 1.54) is 22.6 Å². The summed E-state index contributed by atoms with van der Waals surface area (Å²) < 4.78 is 1.16. The Hall–Kier alpha value is 0.01000. The van der Waals surface area contributed by atoms with E-state index in [-0.39, 0.29) is 0 Å². The van der Waals surface area contributed by atoms with E-state index in [2.05, 4.69) is 53.3 Å². The van der Waals surface area contributed by atoms with Gasteiger partial charge in [0.25, 0.3) is 0 Å². The molecule has 0 bridgehead atoms. The van der Waals surface area contributed by atoms with Gasteiger partial charge in [0.1, 0.15) is 0 Å². The molecule has 1 aromatic carbocycles. The molecule has 0 aliphatic heterocycles. The van der Waals surface area contributed by atoms with Crippen molar-refractivity contribution in [2.75, 3.05) is 12.8 Å². The van der Waals surface area contributed by atoms with E-state index in [9.17, 15) is 0 Å². The number of benzene rings is 1. The maximum atomic E-state index is 3.53. The third-order valence-electron chi connectivity index (χ3n) is 2.34. The molecule has 1 aromatic rings. The fourth-order valence-corrected chi connectivity index (χ4v) is 2.92. The lowest BCUT2D eigenvalue weighted by molar-refractivity contribution is 0.641. The van der Waals surface area contributed by atoms with Crippen molar-refractivity contribution in [3.8, 4) is 0 Å². The molecule has 1 rings (SSSR count). The zero-order valence-electron chi connectivity index (χ0n) is 9.51. The van der Waals surface area contributed by atoms with Gasteiger partial charge >= 0.3 is 0 Å². The fourth-order valence-electron chi connectivity index (χ4n) is 1.36. The highest BCUT2D eigenvalue weighted by Crippen LogP contribution is 2.30. The topological polar surface area (TPSA) is 12.0 Å². The van der Waals surface area contributed by atoms with E-state index >= 15 is 0 Å². The van der Waals surface area contributed by atoms with Gasteiger partial charge in [-0.25, -0.2) is 0 Å². The van der Waals surface area contributed by atoms with Gasteiger partial charge in [-0.05, 0) is 43.8 Å². The Bertz CT molecular complexity index is 314. The molecule has 0 amide bonds. The highest BCUT2D eigenvalue weighted by molar-refractivity contribution is 9.10. The van der Waals surface area contributed by atoms with Crippen molar-refractivity contribution in [3.05, 3.63) is 28.2 Å². The summed E-state index contributed by atoms with van der Waals surface area (Å²) in [5.74, 6) is 1.18. The first-order chi connectivity index (χ1) is 7.19. The smallest absolute Gasteiger partial charge is 0.0300 e. The lowest BCUT2D eigenvalue weighted by Crippen LogP contribution is -2.13. The lowest BCUT2D eigenvalue weighted by atomic mass is 10.1. The summed E-state index contributed by atoms with van der Waals surface area (Å²) in [6.45, 7) is 4.41. The number of rotatable bonds is 5. The third-order valence-corrected chi connectivity index (χ3v) is 4.11. The zero-order valence-corrected chi connectivity index (χ0v) is 11.9. The summed E-state index contributed by atoms with van der Waals surface area (Å²) in [4.78, 5) is 1.38. The minimum absolute atomic E-state index is 0.414. The van der Waals surface area contributed by atoms with Crippen LogP contribution in [0.1, 0.15) is 31.9 Å².